The van der Waals surface area contributed by atoms with Gasteiger partial charge in [-0.25, -0.2) is 0 Å². The van der Waals surface area contributed by atoms with Gasteiger partial charge in [0.25, 0.3) is 0 Å². The fourth-order valence-corrected chi connectivity index (χ4v) is 3.18. The lowest BCUT2D eigenvalue weighted by Gasteiger charge is -2.16. The molecule has 1 nitrogen and oxygen atoms in total. The van der Waals surface area contributed by atoms with Crippen molar-refractivity contribution in [2.24, 2.45) is 0 Å². The average Bonchev–Trinajstić information content (AvgIpc) is 2.61. The van der Waals surface area contributed by atoms with E-state index < -0.39 is 0 Å². The minimum absolute atomic E-state index is 0.689. The average molecular weight is 290 g/mol. The lowest BCUT2D eigenvalue weighted by Crippen LogP contribution is -2.28. The number of halogens is 1. The van der Waals surface area contributed by atoms with Gasteiger partial charge in [0.2, 0.25) is 0 Å². The number of hydrogen-bond donors (Lipinski definition) is 1. The fourth-order valence-electron chi connectivity index (χ4n) is 1.73. The van der Waals surface area contributed by atoms with E-state index in [0.717, 1.165) is 6.54 Å². The summed E-state index contributed by atoms with van der Waals surface area (Å²) in [4.78, 5) is 1.41. The highest BCUT2D eigenvalue weighted by Gasteiger charge is 2.07. The SMILES string of the molecule is CCCC(CCC)NCc1sccc1Br. The van der Waals surface area contributed by atoms with Gasteiger partial charge >= 0.3 is 0 Å². The molecule has 0 saturated carbocycles. The summed E-state index contributed by atoms with van der Waals surface area (Å²) < 4.78 is 1.24. The molecule has 1 aromatic heterocycles. The second kappa shape index (κ2) is 7.42. The van der Waals surface area contributed by atoms with Crippen LogP contribution in [0.1, 0.15) is 44.4 Å². The molecule has 3 heteroatoms. The van der Waals surface area contributed by atoms with Gasteiger partial charge < -0.3 is 5.32 Å². The molecule has 0 atom stereocenters. The number of nitrogens with one attached hydrogen (secondary N) is 1. The summed E-state index contributed by atoms with van der Waals surface area (Å²) in [5.41, 5.74) is 0. The Morgan fingerprint density at radius 2 is 2.00 bits per heavy atom. The molecule has 0 radical (unpaired) electrons. The van der Waals surface area contributed by atoms with E-state index in [2.05, 4.69) is 46.5 Å². The van der Waals surface area contributed by atoms with Crippen molar-refractivity contribution in [3.8, 4) is 0 Å². The van der Waals surface area contributed by atoms with Crippen LogP contribution in [0.5, 0.6) is 0 Å². The Hall–Kier alpha value is 0.140. The first kappa shape index (κ1) is 13.2. The zero-order chi connectivity index (χ0) is 11.1. The first-order valence-corrected chi connectivity index (χ1v) is 7.40. The Morgan fingerprint density at radius 3 is 2.47 bits per heavy atom. The zero-order valence-electron chi connectivity index (χ0n) is 9.55. The van der Waals surface area contributed by atoms with Gasteiger partial charge in [0.15, 0.2) is 0 Å². The van der Waals surface area contributed by atoms with E-state index in [1.807, 2.05) is 11.3 Å². The molecule has 1 N–H and O–H groups in total. The molecule has 86 valence electrons. The molecular formula is C12H20BrNS. The fraction of sp³-hybridized carbons (Fsp3) is 0.667. The Labute approximate surface area is 105 Å². The van der Waals surface area contributed by atoms with E-state index >= 15 is 0 Å². The lowest BCUT2D eigenvalue weighted by molar-refractivity contribution is 0.444. The number of thiophene rings is 1. The topological polar surface area (TPSA) is 12.0 Å². The van der Waals surface area contributed by atoms with Gasteiger partial charge in [0.05, 0.1) is 0 Å². The van der Waals surface area contributed by atoms with Crippen molar-refractivity contribution in [3.63, 3.8) is 0 Å². The van der Waals surface area contributed by atoms with Crippen LogP contribution in [0.25, 0.3) is 0 Å². The standard InChI is InChI=1S/C12H20BrNS/c1-3-5-10(6-4-2)14-9-12-11(13)7-8-15-12/h7-8,10,14H,3-6,9H2,1-2H3. The van der Waals surface area contributed by atoms with Crippen molar-refractivity contribution in [3.05, 3.63) is 20.8 Å². The van der Waals surface area contributed by atoms with Crippen LogP contribution in [0.15, 0.2) is 15.9 Å². The highest BCUT2D eigenvalue weighted by atomic mass is 79.9. The predicted molar refractivity (Wildman–Crippen MR) is 72.5 cm³/mol. The van der Waals surface area contributed by atoms with Crippen molar-refractivity contribution < 1.29 is 0 Å². The van der Waals surface area contributed by atoms with Crippen molar-refractivity contribution in [2.75, 3.05) is 0 Å². The molecule has 0 spiro atoms. The summed E-state index contributed by atoms with van der Waals surface area (Å²) in [6, 6.07) is 2.81. The molecule has 0 aliphatic rings. The van der Waals surface area contributed by atoms with E-state index in [1.54, 1.807) is 0 Å². The minimum atomic E-state index is 0.689. The van der Waals surface area contributed by atoms with Crippen LogP contribution in [0.3, 0.4) is 0 Å². The highest BCUT2D eigenvalue weighted by Crippen LogP contribution is 2.22. The summed E-state index contributed by atoms with van der Waals surface area (Å²) in [5.74, 6) is 0. The predicted octanol–water partition coefficient (Wildman–Crippen LogP) is 4.57. The first-order chi connectivity index (χ1) is 7.27. The second-order valence-corrected chi connectivity index (χ2v) is 5.70. The highest BCUT2D eigenvalue weighted by molar-refractivity contribution is 9.10. The Balaban J connectivity index is 2.36. The monoisotopic (exact) mass is 289 g/mol. The van der Waals surface area contributed by atoms with Crippen LogP contribution in [-0.4, -0.2) is 6.04 Å². The molecule has 0 bridgehead atoms. The van der Waals surface area contributed by atoms with Gasteiger partial charge in [-0.1, -0.05) is 26.7 Å². The van der Waals surface area contributed by atoms with E-state index in [9.17, 15) is 0 Å². The van der Waals surface area contributed by atoms with Crippen LogP contribution < -0.4 is 5.32 Å². The van der Waals surface area contributed by atoms with Gasteiger partial charge in [-0.2, -0.15) is 0 Å². The molecule has 1 rings (SSSR count). The summed E-state index contributed by atoms with van der Waals surface area (Å²) >= 11 is 5.38. The maximum atomic E-state index is 3.65. The van der Waals surface area contributed by atoms with E-state index in [0.29, 0.717) is 6.04 Å². The third-order valence-corrected chi connectivity index (χ3v) is 4.44. The molecule has 1 aromatic rings. The van der Waals surface area contributed by atoms with E-state index in [1.165, 1.54) is 35.0 Å². The molecule has 1 heterocycles. The van der Waals surface area contributed by atoms with Crippen molar-refractivity contribution in [1.82, 2.24) is 5.32 Å². The molecule has 0 saturated heterocycles. The molecular weight excluding hydrogens is 270 g/mol. The smallest absolute Gasteiger partial charge is 0.0327 e. The summed E-state index contributed by atoms with van der Waals surface area (Å²) in [7, 11) is 0. The summed E-state index contributed by atoms with van der Waals surface area (Å²) in [6.07, 6.45) is 5.11. The molecule has 0 aliphatic heterocycles. The second-order valence-electron chi connectivity index (χ2n) is 3.85. The van der Waals surface area contributed by atoms with Crippen LogP contribution in [0, 0.1) is 0 Å². The summed E-state index contributed by atoms with van der Waals surface area (Å²) in [5, 5.41) is 5.78. The largest absolute Gasteiger partial charge is 0.309 e. The normalized spacial score (nSPS) is 11.2. The quantitative estimate of drug-likeness (QED) is 0.775. The van der Waals surface area contributed by atoms with Gasteiger partial charge in [-0.05, 0) is 40.2 Å². The molecule has 0 aromatic carbocycles. The maximum Gasteiger partial charge on any atom is 0.0327 e. The first-order valence-electron chi connectivity index (χ1n) is 5.73. The van der Waals surface area contributed by atoms with Gasteiger partial charge in [0, 0.05) is 21.9 Å². The third-order valence-electron chi connectivity index (χ3n) is 2.52. The van der Waals surface area contributed by atoms with Crippen molar-refractivity contribution in [2.45, 2.75) is 52.1 Å². The van der Waals surface area contributed by atoms with Crippen LogP contribution in [0.4, 0.5) is 0 Å². The summed E-state index contributed by atoms with van der Waals surface area (Å²) in [6.45, 7) is 5.51. The molecule has 15 heavy (non-hydrogen) atoms. The van der Waals surface area contributed by atoms with Gasteiger partial charge in [-0.3, -0.25) is 0 Å². The molecule has 0 amide bonds. The van der Waals surface area contributed by atoms with Crippen LogP contribution >= 0.6 is 27.3 Å². The van der Waals surface area contributed by atoms with Crippen LogP contribution in [0.2, 0.25) is 0 Å². The van der Waals surface area contributed by atoms with Crippen molar-refractivity contribution >= 4 is 27.3 Å². The van der Waals surface area contributed by atoms with Gasteiger partial charge in [0.1, 0.15) is 0 Å². The van der Waals surface area contributed by atoms with Crippen molar-refractivity contribution in [1.29, 1.82) is 0 Å². The van der Waals surface area contributed by atoms with E-state index in [-0.39, 0.29) is 0 Å². The number of rotatable bonds is 7. The lowest BCUT2D eigenvalue weighted by atomic mass is 10.1. The molecule has 0 aliphatic carbocycles. The Bertz CT molecular complexity index is 266. The minimum Gasteiger partial charge on any atom is -0.309 e. The van der Waals surface area contributed by atoms with Gasteiger partial charge in [-0.15, -0.1) is 11.3 Å². The molecule has 0 fully saturated rings. The van der Waals surface area contributed by atoms with E-state index in [4.69, 9.17) is 0 Å². The Kier molecular flexibility index (Phi) is 6.53. The molecule has 0 unspecified atom stereocenters. The Morgan fingerprint density at radius 1 is 1.33 bits per heavy atom. The third kappa shape index (κ3) is 4.66. The maximum absolute atomic E-state index is 3.65. The zero-order valence-corrected chi connectivity index (χ0v) is 12.0. The number of hydrogen-bond acceptors (Lipinski definition) is 2. The van der Waals surface area contributed by atoms with Crippen LogP contribution in [-0.2, 0) is 6.54 Å².